The molecule has 1 aromatic carbocycles. The van der Waals surface area contributed by atoms with Gasteiger partial charge in [-0.1, -0.05) is 0 Å². The van der Waals surface area contributed by atoms with E-state index in [1.54, 1.807) is 23.1 Å². The Hall–Kier alpha value is -2.78. The lowest BCUT2D eigenvalue weighted by molar-refractivity contribution is -0.122. The minimum Gasteiger partial charge on any atom is -0.388 e. The molecular formula is C20H27N5O4. The number of benzene rings is 1. The predicted octanol–water partition coefficient (Wildman–Crippen LogP) is 0.270. The van der Waals surface area contributed by atoms with Crippen LogP contribution < -0.4 is 10.9 Å². The summed E-state index contributed by atoms with van der Waals surface area (Å²) in [5, 5.41) is 14.0. The molecule has 1 aliphatic heterocycles. The van der Waals surface area contributed by atoms with E-state index in [0.717, 1.165) is 6.41 Å². The molecule has 9 heteroatoms. The Morgan fingerprint density at radius 3 is 2.72 bits per heavy atom. The molecule has 0 atom stereocenters. The van der Waals surface area contributed by atoms with E-state index in [2.05, 4.69) is 10.3 Å². The number of piperidine rings is 1. The number of hydrogen-bond donors (Lipinski definition) is 2. The van der Waals surface area contributed by atoms with Gasteiger partial charge in [-0.2, -0.15) is 0 Å². The van der Waals surface area contributed by atoms with E-state index in [0.29, 0.717) is 55.5 Å². The molecule has 0 unspecified atom stereocenters. The third-order valence-corrected chi connectivity index (χ3v) is 5.24. The first kappa shape index (κ1) is 20.9. The fourth-order valence-corrected chi connectivity index (χ4v) is 3.42. The van der Waals surface area contributed by atoms with E-state index in [-0.39, 0.29) is 18.0 Å². The summed E-state index contributed by atoms with van der Waals surface area (Å²) in [7, 11) is 3.81. The maximum absolute atomic E-state index is 12.8. The van der Waals surface area contributed by atoms with Crippen molar-refractivity contribution in [1.29, 1.82) is 0 Å². The standard InChI is InChI=1S/C20H27N5O4/c1-23(2)8-5-18(27)22-15-3-4-16-17(11-15)21-13-25(19(16)28)12-20(29)6-9-24(14-26)10-7-20/h3-4,11,13-14,29H,5-10,12H2,1-2H3,(H,22,27). The molecule has 9 nitrogen and oxygen atoms in total. The van der Waals surface area contributed by atoms with E-state index >= 15 is 0 Å². The molecule has 0 saturated carbocycles. The third kappa shape index (κ3) is 5.18. The number of carbonyl (C=O) groups excluding carboxylic acids is 2. The van der Waals surface area contributed by atoms with Crippen LogP contribution >= 0.6 is 0 Å². The van der Waals surface area contributed by atoms with Gasteiger partial charge in [-0.15, -0.1) is 0 Å². The number of nitrogens with zero attached hydrogens (tertiary/aromatic N) is 4. The molecule has 0 aliphatic carbocycles. The topological polar surface area (TPSA) is 108 Å². The number of fused-ring (bicyclic) bond motifs is 1. The SMILES string of the molecule is CN(C)CCC(=O)Nc1ccc2c(=O)n(CC3(O)CCN(C=O)CC3)cnc2c1. The van der Waals surface area contributed by atoms with Crippen LogP contribution in [-0.2, 0) is 16.1 Å². The smallest absolute Gasteiger partial charge is 0.261 e. The highest BCUT2D eigenvalue weighted by atomic mass is 16.3. The summed E-state index contributed by atoms with van der Waals surface area (Å²) in [6.45, 7) is 1.71. The summed E-state index contributed by atoms with van der Waals surface area (Å²) in [6.07, 6.45) is 3.40. The molecule has 2 N–H and O–H groups in total. The summed E-state index contributed by atoms with van der Waals surface area (Å²) in [5.41, 5.74) is -0.212. The van der Waals surface area contributed by atoms with Gasteiger partial charge in [0.1, 0.15) is 0 Å². The van der Waals surface area contributed by atoms with Crippen molar-refractivity contribution in [2.45, 2.75) is 31.4 Å². The Morgan fingerprint density at radius 1 is 1.34 bits per heavy atom. The van der Waals surface area contributed by atoms with Crippen molar-refractivity contribution in [2.75, 3.05) is 39.0 Å². The maximum Gasteiger partial charge on any atom is 0.261 e. The van der Waals surface area contributed by atoms with E-state index < -0.39 is 5.60 Å². The van der Waals surface area contributed by atoms with Crippen LogP contribution in [0.1, 0.15) is 19.3 Å². The van der Waals surface area contributed by atoms with Gasteiger partial charge in [0.05, 0.1) is 29.4 Å². The first-order valence-electron chi connectivity index (χ1n) is 9.65. The second kappa shape index (κ2) is 8.71. The molecule has 3 rings (SSSR count). The molecule has 0 bridgehead atoms. The predicted molar refractivity (Wildman–Crippen MR) is 110 cm³/mol. The van der Waals surface area contributed by atoms with Crippen molar-refractivity contribution in [3.63, 3.8) is 0 Å². The number of nitrogens with one attached hydrogen (secondary N) is 1. The van der Waals surface area contributed by atoms with E-state index in [9.17, 15) is 19.5 Å². The van der Waals surface area contributed by atoms with Gasteiger partial charge in [0.15, 0.2) is 0 Å². The normalized spacial score (nSPS) is 16.2. The van der Waals surface area contributed by atoms with Gasteiger partial charge in [0.2, 0.25) is 12.3 Å². The molecule has 0 spiro atoms. The number of aromatic nitrogens is 2. The Labute approximate surface area is 168 Å². The molecule has 2 amide bonds. The molecule has 1 aliphatic rings. The molecule has 2 aromatic rings. The first-order valence-corrected chi connectivity index (χ1v) is 9.65. The minimum absolute atomic E-state index is 0.102. The van der Waals surface area contributed by atoms with E-state index in [1.165, 1.54) is 10.9 Å². The first-order chi connectivity index (χ1) is 13.8. The molecule has 2 heterocycles. The van der Waals surface area contributed by atoms with Crippen LogP contribution in [0, 0.1) is 0 Å². The van der Waals surface area contributed by atoms with Gasteiger partial charge in [-0.05, 0) is 45.1 Å². The van der Waals surface area contributed by atoms with Crippen LogP contribution in [0.3, 0.4) is 0 Å². The number of carbonyl (C=O) groups is 2. The number of aliphatic hydroxyl groups is 1. The highest BCUT2D eigenvalue weighted by molar-refractivity contribution is 5.93. The van der Waals surface area contributed by atoms with Crippen molar-refractivity contribution in [3.05, 3.63) is 34.9 Å². The number of likely N-dealkylation sites (tertiary alicyclic amines) is 1. The second-order valence-corrected chi connectivity index (χ2v) is 7.88. The number of rotatable bonds is 7. The van der Waals surface area contributed by atoms with Crippen LogP contribution in [0.4, 0.5) is 5.69 Å². The molecule has 1 aromatic heterocycles. The molecule has 1 saturated heterocycles. The average Bonchev–Trinajstić information content (AvgIpc) is 2.69. The van der Waals surface area contributed by atoms with Crippen molar-refractivity contribution in [2.24, 2.45) is 0 Å². The molecule has 156 valence electrons. The van der Waals surface area contributed by atoms with Crippen molar-refractivity contribution < 1.29 is 14.7 Å². The lowest BCUT2D eigenvalue weighted by Crippen LogP contribution is -2.47. The highest BCUT2D eigenvalue weighted by Gasteiger charge is 2.32. The van der Waals surface area contributed by atoms with Crippen LogP contribution in [0.25, 0.3) is 10.9 Å². The summed E-state index contributed by atoms with van der Waals surface area (Å²) >= 11 is 0. The molecular weight excluding hydrogens is 374 g/mol. The van der Waals surface area contributed by atoms with E-state index in [1.807, 2.05) is 19.0 Å². The van der Waals surface area contributed by atoms with E-state index in [4.69, 9.17) is 0 Å². The van der Waals surface area contributed by atoms with Gasteiger partial charge >= 0.3 is 0 Å². The number of amides is 2. The average molecular weight is 401 g/mol. The fourth-order valence-electron chi connectivity index (χ4n) is 3.42. The Kier molecular flexibility index (Phi) is 6.29. The van der Waals surface area contributed by atoms with Crippen LogP contribution in [0.5, 0.6) is 0 Å². The number of hydrogen-bond acceptors (Lipinski definition) is 6. The second-order valence-electron chi connectivity index (χ2n) is 7.88. The zero-order chi connectivity index (χ0) is 21.0. The van der Waals surface area contributed by atoms with Gasteiger partial charge < -0.3 is 20.2 Å². The largest absolute Gasteiger partial charge is 0.388 e. The van der Waals surface area contributed by atoms with Gasteiger partial charge in [0, 0.05) is 31.7 Å². The summed E-state index contributed by atoms with van der Waals surface area (Å²) in [6, 6.07) is 4.99. The molecule has 0 radical (unpaired) electrons. The molecule has 1 fully saturated rings. The minimum atomic E-state index is -1.04. The Balaban J connectivity index is 1.74. The van der Waals surface area contributed by atoms with Crippen molar-refractivity contribution in [1.82, 2.24) is 19.4 Å². The summed E-state index contributed by atoms with van der Waals surface area (Å²) < 4.78 is 1.41. The lowest BCUT2D eigenvalue weighted by Gasteiger charge is -2.36. The van der Waals surface area contributed by atoms with Crippen LogP contribution in [0.2, 0.25) is 0 Å². The van der Waals surface area contributed by atoms with Gasteiger partial charge in [0.25, 0.3) is 5.56 Å². The summed E-state index contributed by atoms with van der Waals surface area (Å²) in [4.78, 5) is 43.6. The summed E-state index contributed by atoms with van der Waals surface area (Å²) in [5.74, 6) is -0.102. The van der Waals surface area contributed by atoms with Gasteiger partial charge in [-0.3, -0.25) is 19.0 Å². The molecule has 29 heavy (non-hydrogen) atoms. The lowest BCUT2D eigenvalue weighted by atomic mass is 9.91. The zero-order valence-corrected chi connectivity index (χ0v) is 16.8. The highest BCUT2D eigenvalue weighted by Crippen LogP contribution is 2.23. The van der Waals surface area contributed by atoms with Crippen LogP contribution in [-0.4, -0.2) is 76.1 Å². The Morgan fingerprint density at radius 2 is 2.07 bits per heavy atom. The quantitative estimate of drug-likeness (QED) is 0.645. The zero-order valence-electron chi connectivity index (χ0n) is 16.8. The monoisotopic (exact) mass is 401 g/mol. The van der Waals surface area contributed by atoms with Gasteiger partial charge in [-0.25, -0.2) is 4.98 Å². The van der Waals surface area contributed by atoms with Crippen molar-refractivity contribution in [3.8, 4) is 0 Å². The fraction of sp³-hybridized carbons (Fsp3) is 0.500. The Bertz CT molecular complexity index is 948. The van der Waals surface area contributed by atoms with Crippen LogP contribution in [0.15, 0.2) is 29.3 Å². The third-order valence-electron chi connectivity index (χ3n) is 5.24. The van der Waals surface area contributed by atoms with Crippen molar-refractivity contribution >= 4 is 28.9 Å². The number of anilines is 1. The maximum atomic E-state index is 12.8.